The summed E-state index contributed by atoms with van der Waals surface area (Å²) in [6.45, 7) is 3.52. The Hall–Kier alpha value is -2.33. The van der Waals surface area contributed by atoms with Gasteiger partial charge in [-0.25, -0.2) is 17.2 Å². The number of halogens is 2. The van der Waals surface area contributed by atoms with Crippen LogP contribution in [0.15, 0.2) is 41.6 Å². The smallest absolute Gasteiger partial charge is 0.257 e. The van der Waals surface area contributed by atoms with Gasteiger partial charge in [0.15, 0.2) is 0 Å². The number of benzene rings is 1. The van der Waals surface area contributed by atoms with Crippen LogP contribution in [0.5, 0.6) is 0 Å². The van der Waals surface area contributed by atoms with Gasteiger partial charge < -0.3 is 5.32 Å². The molecule has 2 rings (SSSR count). The normalized spacial score (nSPS) is 11.9. The quantitative estimate of drug-likeness (QED) is 0.755. The molecule has 1 N–H and O–H groups in total. The Bertz CT molecular complexity index is 864. The van der Waals surface area contributed by atoms with Gasteiger partial charge >= 0.3 is 0 Å². The minimum atomic E-state index is -3.69. The summed E-state index contributed by atoms with van der Waals surface area (Å²) in [5, 5.41) is 6.24. The summed E-state index contributed by atoms with van der Waals surface area (Å²) in [6.07, 6.45) is -0.0300. The van der Waals surface area contributed by atoms with E-state index in [0.717, 1.165) is 4.68 Å². The first-order chi connectivity index (χ1) is 12.3. The van der Waals surface area contributed by atoms with Crippen LogP contribution in [0.1, 0.15) is 24.2 Å². The molecular formula is C16H20F2N4O3S. The Balaban J connectivity index is 2.19. The van der Waals surface area contributed by atoms with Gasteiger partial charge in [0, 0.05) is 24.8 Å². The largest absolute Gasteiger partial charge is 0.319 e. The maximum Gasteiger partial charge on any atom is 0.257 e. The molecule has 0 atom stereocenters. The first-order valence-electron chi connectivity index (χ1n) is 8.00. The summed E-state index contributed by atoms with van der Waals surface area (Å²) in [5.41, 5.74) is 0.382. The van der Waals surface area contributed by atoms with Crippen molar-refractivity contribution < 1.29 is 22.0 Å². The van der Waals surface area contributed by atoms with Crippen LogP contribution in [0, 0.1) is 0 Å². The van der Waals surface area contributed by atoms with Crippen molar-refractivity contribution in [1.82, 2.24) is 14.1 Å². The van der Waals surface area contributed by atoms with Gasteiger partial charge in [-0.15, -0.1) is 0 Å². The SMILES string of the molecule is CCN(CC)S(=O)(=O)c1cccc(C(=O)Nc2cnn(CC(F)F)c2)c1. The van der Waals surface area contributed by atoms with Gasteiger partial charge in [0.25, 0.3) is 12.3 Å². The summed E-state index contributed by atoms with van der Waals surface area (Å²) >= 11 is 0. The van der Waals surface area contributed by atoms with E-state index in [4.69, 9.17) is 0 Å². The number of anilines is 1. The molecule has 0 bridgehead atoms. The zero-order valence-corrected chi connectivity index (χ0v) is 15.2. The van der Waals surface area contributed by atoms with Crippen molar-refractivity contribution in [2.24, 2.45) is 0 Å². The summed E-state index contributed by atoms with van der Waals surface area (Å²) < 4.78 is 52.0. The van der Waals surface area contributed by atoms with E-state index in [1.54, 1.807) is 13.8 Å². The Kier molecular flexibility index (Phi) is 6.43. The van der Waals surface area contributed by atoms with Crippen LogP contribution in [-0.4, -0.2) is 47.9 Å². The fourth-order valence-electron chi connectivity index (χ4n) is 2.38. The molecule has 142 valence electrons. The number of alkyl halides is 2. The van der Waals surface area contributed by atoms with Gasteiger partial charge in [0.05, 0.1) is 16.8 Å². The summed E-state index contributed by atoms with van der Waals surface area (Å²) in [4.78, 5) is 12.3. The Labute approximate surface area is 150 Å². The molecule has 0 fully saturated rings. The molecule has 0 saturated heterocycles. The van der Waals surface area contributed by atoms with Gasteiger partial charge in [-0.2, -0.15) is 9.40 Å². The molecule has 10 heteroatoms. The van der Waals surface area contributed by atoms with E-state index < -0.39 is 28.9 Å². The molecule has 0 spiro atoms. The standard InChI is InChI=1S/C16H20F2N4O3S/c1-3-22(4-2)26(24,25)14-7-5-6-12(8-14)16(23)20-13-9-19-21(10-13)11-15(17)18/h5-10,15H,3-4,11H2,1-2H3,(H,20,23). The lowest BCUT2D eigenvalue weighted by atomic mass is 10.2. The van der Waals surface area contributed by atoms with Crippen molar-refractivity contribution >= 4 is 21.6 Å². The lowest BCUT2D eigenvalue weighted by molar-refractivity contribution is 0.102. The van der Waals surface area contributed by atoms with Crippen LogP contribution in [0.4, 0.5) is 14.5 Å². The van der Waals surface area contributed by atoms with E-state index in [-0.39, 0.29) is 16.1 Å². The molecule has 0 unspecified atom stereocenters. The average Bonchev–Trinajstić information content (AvgIpc) is 3.02. The van der Waals surface area contributed by atoms with Crippen LogP contribution in [0.2, 0.25) is 0 Å². The van der Waals surface area contributed by atoms with Gasteiger partial charge in [0.1, 0.15) is 6.54 Å². The highest BCUT2D eigenvalue weighted by Gasteiger charge is 2.22. The molecule has 0 aliphatic heterocycles. The highest BCUT2D eigenvalue weighted by Crippen LogP contribution is 2.18. The minimum absolute atomic E-state index is 0.0160. The number of rotatable bonds is 8. The predicted octanol–water partition coefficient (Wildman–Crippen LogP) is 2.43. The van der Waals surface area contributed by atoms with Crippen molar-refractivity contribution in [3.8, 4) is 0 Å². The predicted molar refractivity (Wildman–Crippen MR) is 92.7 cm³/mol. The first-order valence-corrected chi connectivity index (χ1v) is 9.44. The van der Waals surface area contributed by atoms with Crippen LogP contribution >= 0.6 is 0 Å². The van der Waals surface area contributed by atoms with Gasteiger partial charge in [-0.1, -0.05) is 19.9 Å². The van der Waals surface area contributed by atoms with Gasteiger partial charge in [-0.05, 0) is 18.2 Å². The maximum absolute atomic E-state index is 12.5. The second kappa shape index (κ2) is 8.37. The Morgan fingerprint density at radius 1 is 1.31 bits per heavy atom. The number of nitrogens with one attached hydrogen (secondary N) is 1. The molecule has 2 aromatic rings. The molecule has 26 heavy (non-hydrogen) atoms. The van der Waals surface area contributed by atoms with Gasteiger partial charge in [0.2, 0.25) is 10.0 Å². The third kappa shape index (κ3) is 4.64. The first kappa shape index (κ1) is 20.0. The number of carbonyl (C=O) groups is 1. The zero-order chi connectivity index (χ0) is 19.3. The van der Waals surface area contributed by atoms with E-state index in [1.165, 1.54) is 41.0 Å². The molecule has 1 aromatic carbocycles. The van der Waals surface area contributed by atoms with Crippen molar-refractivity contribution in [2.75, 3.05) is 18.4 Å². The number of nitrogens with zero attached hydrogens (tertiary/aromatic N) is 3. The molecule has 1 amide bonds. The number of sulfonamides is 1. The van der Waals surface area contributed by atoms with Crippen LogP contribution in [0.3, 0.4) is 0 Å². The van der Waals surface area contributed by atoms with Crippen molar-refractivity contribution in [1.29, 1.82) is 0 Å². The topological polar surface area (TPSA) is 84.3 Å². The number of aromatic nitrogens is 2. The van der Waals surface area contributed by atoms with E-state index >= 15 is 0 Å². The number of amides is 1. The third-order valence-electron chi connectivity index (χ3n) is 3.66. The second-order valence-electron chi connectivity index (χ2n) is 5.41. The van der Waals surface area contributed by atoms with Crippen LogP contribution < -0.4 is 5.32 Å². The molecule has 0 saturated carbocycles. The summed E-state index contributed by atoms with van der Waals surface area (Å²) in [6, 6.07) is 5.66. The molecule has 1 aromatic heterocycles. The fraction of sp³-hybridized carbons (Fsp3) is 0.375. The number of carbonyl (C=O) groups excluding carboxylic acids is 1. The number of hydrogen-bond donors (Lipinski definition) is 1. The third-order valence-corrected chi connectivity index (χ3v) is 5.70. The monoisotopic (exact) mass is 386 g/mol. The zero-order valence-electron chi connectivity index (χ0n) is 14.4. The maximum atomic E-state index is 12.5. The summed E-state index contributed by atoms with van der Waals surface area (Å²) in [5.74, 6) is -0.557. The number of hydrogen-bond acceptors (Lipinski definition) is 4. The highest BCUT2D eigenvalue weighted by atomic mass is 32.2. The highest BCUT2D eigenvalue weighted by molar-refractivity contribution is 7.89. The molecule has 7 nitrogen and oxygen atoms in total. The lowest BCUT2D eigenvalue weighted by Gasteiger charge is -2.18. The molecular weight excluding hydrogens is 366 g/mol. The van der Waals surface area contributed by atoms with E-state index in [9.17, 15) is 22.0 Å². The Morgan fingerprint density at radius 3 is 2.62 bits per heavy atom. The molecule has 0 aliphatic rings. The molecule has 0 radical (unpaired) electrons. The Morgan fingerprint density at radius 2 is 2.00 bits per heavy atom. The second-order valence-corrected chi connectivity index (χ2v) is 7.35. The fourth-order valence-corrected chi connectivity index (χ4v) is 3.89. The van der Waals surface area contributed by atoms with Gasteiger partial charge in [-0.3, -0.25) is 9.48 Å². The van der Waals surface area contributed by atoms with Crippen LogP contribution in [0.25, 0.3) is 0 Å². The van der Waals surface area contributed by atoms with E-state index in [2.05, 4.69) is 10.4 Å². The molecule has 0 aliphatic carbocycles. The average molecular weight is 386 g/mol. The van der Waals surface area contributed by atoms with Crippen LogP contribution in [-0.2, 0) is 16.6 Å². The van der Waals surface area contributed by atoms with Crippen molar-refractivity contribution in [2.45, 2.75) is 31.7 Å². The summed E-state index contributed by atoms with van der Waals surface area (Å²) in [7, 11) is -3.69. The lowest BCUT2D eigenvalue weighted by Crippen LogP contribution is -2.30. The van der Waals surface area contributed by atoms with Crippen molar-refractivity contribution in [3.05, 3.63) is 42.2 Å². The van der Waals surface area contributed by atoms with E-state index in [1.807, 2.05) is 0 Å². The van der Waals surface area contributed by atoms with E-state index in [0.29, 0.717) is 13.1 Å². The molecule has 1 heterocycles. The van der Waals surface area contributed by atoms with Crippen molar-refractivity contribution in [3.63, 3.8) is 0 Å². The minimum Gasteiger partial charge on any atom is -0.319 e.